The van der Waals surface area contributed by atoms with Crippen LogP contribution in [0.3, 0.4) is 0 Å². The summed E-state index contributed by atoms with van der Waals surface area (Å²) < 4.78 is 0. The van der Waals surface area contributed by atoms with Crippen LogP contribution in [-0.2, 0) is 9.59 Å². The Hall–Kier alpha value is -3.12. The van der Waals surface area contributed by atoms with Crippen LogP contribution < -0.4 is 10.2 Å². The second-order valence-electron chi connectivity index (χ2n) is 7.47. The molecule has 2 aliphatic rings. The van der Waals surface area contributed by atoms with Crippen molar-refractivity contribution in [3.05, 3.63) is 64.7 Å². The van der Waals surface area contributed by atoms with Crippen molar-refractivity contribution >= 4 is 29.1 Å². The number of hydrogen-bond acceptors (Lipinski definition) is 5. The van der Waals surface area contributed by atoms with E-state index in [4.69, 9.17) is 0 Å². The van der Waals surface area contributed by atoms with E-state index in [1.165, 1.54) is 12.1 Å². The van der Waals surface area contributed by atoms with E-state index < -0.39 is 5.92 Å². The summed E-state index contributed by atoms with van der Waals surface area (Å²) in [7, 11) is 0. The Bertz CT molecular complexity index is 1020. The van der Waals surface area contributed by atoms with Crippen LogP contribution in [0.1, 0.15) is 52.1 Å². The minimum absolute atomic E-state index is 0.130. The van der Waals surface area contributed by atoms with E-state index in [0.717, 1.165) is 4.90 Å². The van der Waals surface area contributed by atoms with Crippen molar-refractivity contribution in [1.82, 2.24) is 5.32 Å². The van der Waals surface area contributed by atoms with Crippen LogP contribution >= 0.6 is 0 Å². The first kappa shape index (κ1) is 18.3. The van der Waals surface area contributed by atoms with E-state index in [9.17, 15) is 19.2 Å². The second kappa shape index (κ2) is 6.80. The molecular weight excluding hydrogens is 356 g/mol. The maximum atomic E-state index is 12.9. The summed E-state index contributed by atoms with van der Waals surface area (Å²) in [6.07, 6.45) is 0.130. The number of nitrogens with one attached hydrogen (secondary N) is 1. The van der Waals surface area contributed by atoms with Crippen molar-refractivity contribution in [2.45, 2.75) is 26.3 Å². The molecule has 1 aliphatic heterocycles. The smallest absolute Gasteiger partial charge is 0.238 e. The van der Waals surface area contributed by atoms with Crippen LogP contribution in [0.25, 0.3) is 0 Å². The maximum absolute atomic E-state index is 12.9. The van der Waals surface area contributed by atoms with Gasteiger partial charge in [0.25, 0.3) is 0 Å². The monoisotopic (exact) mass is 376 g/mol. The Morgan fingerprint density at radius 3 is 2.18 bits per heavy atom. The van der Waals surface area contributed by atoms with Gasteiger partial charge in [-0.2, -0.15) is 0 Å². The largest absolute Gasteiger partial charge is 0.314 e. The molecule has 0 radical (unpaired) electrons. The lowest BCUT2D eigenvalue weighted by Crippen LogP contribution is -2.35. The van der Waals surface area contributed by atoms with Crippen molar-refractivity contribution in [2.75, 3.05) is 11.4 Å². The third-order valence-electron chi connectivity index (χ3n) is 5.18. The number of anilines is 1. The number of hydrogen-bond donors (Lipinski definition) is 1. The highest BCUT2D eigenvalue weighted by atomic mass is 16.2. The minimum Gasteiger partial charge on any atom is -0.314 e. The van der Waals surface area contributed by atoms with Gasteiger partial charge in [-0.1, -0.05) is 38.1 Å². The fourth-order valence-corrected chi connectivity index (χ4v) is 3.73. The topological polar surface area (TPSA) is 83.6 Å². The Morgan fingerprint density at radius 2 is 1.54 bits per heavy atom. The van der Waals surface area contributed by atoms with Crippen molar-refractivity contribution in [3.8, 4) is 0 Å². The number of amides is 2. The molecule has 0 spiro atoms. The molecular formula is C22H20N2O4. The predicted molar refractivity (Wildman–Crippen MR) is 103 cm³/mol. The predicted octanol–water partition coefficient (Wildman–Crippen LogP) is 2.34. The van der Waals surface area contributed by atoms with Gasteiger partial charge in [-0.05, 0) is 18.2 Å². The fourth-order valence-electron chi connectivity index (χ4n) is 3.73. The number of benzene rings is 2. The summed E-state index contributed by atoms with van der Waals surface area (Å²) in [4.78, 5) is 51.9. The third kappa shape index (κ3) is 2.86. The Morgan fingerprint density at radius 1 is 0.929 bits per heavy atom. The number of imide groups is 1. The molecule has 0 aromatic heterocycles. The Labute approximate surface area is 162 Å². The van der Waals surface area contributed by atoms with Gasteiger partial charge in [-0.25, -0.2) is 0 Å². The number of rotatable bonds is 4. The van der Waals surface area contributed by atoms with Crippen LogP contribution in [0.5, 0.6) is 0 Å². The summed E-state index contributed by atoms with van der Waals surface area (Å²) in [5.74, 6) is -1.51. The van der Waals surface area contributed by atoms with Gasteiger partial charge in [0, 0.05) is 41.3 Å². The van der Waals surface area contributed by atoms with Crippen LogP contribution in [0, 0.1) is 5.92 Å². The van der Waals surface area contributed by atoms with Crippen LogP contribution in [0.15, 0.2) is 42.5 Å². The molecule has 0 saturated carbocycles. The van der Waals surface area contributed by atoms with E-state index in [2.05, 4.69) is 5.32 Å². The van der Waals surface area contributed by atoms with Gasteiger partial charge in [-0.15, -0.1) is 0 Å². The average Bonchev–Trinajstić information content (AvgIpc) is 2.97. The zero-order valence-corrected chi connectivity index (χ0v) is 15.7. The molecule has 142 valence electrons. The summed E-state index contributed by atoms with van der Waals surface area (Å²) in [5.41, 5.74) is 1.58. The standard InChI is InChI=1S/C22H20N2O4/c1-12(2)23-11-13-9-19(25)24(22(13)28)14-7-8-17-18(10-14)21(27)16-6-4-3-5-15(16)20(17)26/h3-8,10,12-13,23H,9,11H2,1-2H3. The molecule has 1 unspecified atom stereocenters. The Balaban J connectivity index is 1.68. The zero-order chi connectivity index (χ0) is 20.0. The number of carbonyl (C=O) groups is 4. The first-order valence-corrected chi connectivity index (χ1v) is 9.31. The lowest BCUT2D eigenvalue weighted by atomic mass is 9.84. The molecule has 1 saturated heterocycles. The molecule has 2 aromatic rings. The summed E-state index contributed by atoms with van der Waals surface area (Å²) in [5, 5.41) is 3.19. The molecule has 2 amide bonds. The highest BCUT2D eigenvalue weighted by Crippen LogP contribution is 2.32. The van der Waals surface area contributed by atoms with Crippen LogP contribution in [0.4, 0.5) is 5.69 Å². The molecule has 1 N–H and O–H groups in total. The van der Waals surface area contributed by atoms with Gasteiger partial charge < -0.3 is 5.32 Å². The molecule has 1 aliphatic carbocycles. The SMILES string of the molecule is CC(C)NCC1CC(=O)N(c2ccc3c(c2)C(=O)c2ccccc2C3=O)C1=O. The number of nitrogens with zero attached hydrogens (tertiary/aromatic N) is 1. The fraction of sp³-hybridized carbons (Fsp3) is 0.273. The van der Waals surface area contributed by atoms with Gasteiger partial charge in [0.1, 0.15) is 0 Å². The number of carbonyl (C=O) groups excluding carboxylic acids is 4. The van der Waals surface area contributed by atoms with Crippen molar-refractivity contribution in [2.24, 2.45) is 5.92 Å². The highest BCUT2D eigenvalue weighted by molar-refractivity contribution is 6.29. The average molecular weight is 376 g/mol. The quantitative estimate of drug-likeness (QED) is 0.707. The van der Waals surface area contributed by atoms with Gasteiger partial charge in [0.2, 0.25) is 11.8 Å². The first-order chi connectivity index (χ1) is 13.4. The normalized spacial score (nSPS) is 18.7. The van der Waals surface area contributed by atoms with Crippen LogP contribution in [0.2, 0.25) is 0 Å². The van der Waals surface area contributed by atoms with E-state index in [-0.39, 0.29) is 41.4 Å². The molecule has 6 nitrogen and oxygen atoms in total. The van der Waals surface area contributed by atoms with E-state index in [1.54, 1.807) is 30.3 Å². The van der Waals surface area contributed by atoms with E-state index in [1.807, 2.05) is 13.8 Å². The summed E-state index contributed by atoms with van der Waals surface area (Å²) in [6.45, 7) is 4.38. The third-order valence-corrected chi connectivity index (χ3v) is 5.18. The van der Waals surface area contributed by atoms with Gasteiger partial charge in [-0.3, -0.25) is 24.1 Å². The summed E-state index contributed by atoms with van der Waals surface area (Å²) in [6, 6.07) is 11.5. The highest BCUT2D eigenvalue weighted by Gasteiger charge is 2.40. The molecule has 2 aromatic carbocycles. The number of fused-ring (bicyclic) bond motifs is 2. The van der Waals surface area contributed by atoms with E-state index >= 15 is 0 Å². The minimum atomic E-state index is -0.427. The van der Waals surface area contributed by atoms with Crippen molar-refractivity contribution in [3.63, 3.8) is 0 Å². The molecule has 1 atom stereocenters. The molecule has 1 fully saturated rings. The maximum Gasteiger partial charge on any atom is 0.238 e. The van der Waals surface area contributed by atoms with Crippen molar-refractivity contribution < 1.29 is 19.2 Å². The van der Waals surface area contributed by atoms with Crippen LogP contribution in [-0.4, -0.2) is 36.0 Å². The zero-order valence-electron chi connectivity index (χ0n) is 15.7. The van der Waals surface area contributed by atoms with Crippen molar-refractivity contribution in [1.29, 1.82) is 0 Å². The van der Waals surface area contributed by atoms with Gasteiger partial charge >= 0.3 is 0 Å². The molecule has 0 bridgehead atoms. The number of ketones is 2. The molecule has 28 heavy (non-hydrogen) atoms. The van der Waals surface area contributed by atoms with E-state index in [0.29, 0.717) is 28.9 Å². The summed E-state index contributed by atoms with van der Waals surface area (Å²) >= 11 is 0. The first-order valence-electron chi connectivity index (χ1n) is 9.31. The molecule has 1 heterocycles. The lowest BCUT2D eigenvalue weighted by molar-refractivity contribution is -0.122. The molecule has 6 heteroatoms. The lowest BCUT2D eigenvalue weighted by Gasteiger charge is -2.21. The van der Waals surface area contributed by atoms with Gasteiger partial charge in [0.15, 0.2) is 11.6 Å². The van der Waals surface area contributed by atoms with Gasteiger partial charge in [0.05, 0.1) is 11.6 Å². The Kier molecular flexibility index (Phi) is 4.43. The molecule has 4 rings (SSSR count). The second-order valence-corrected chi connectivity index (χ2v) is 7.47.